The number of hydrogen-bond donors (Lipinski definition) is 2. The number of carbonyl (C=O) groups excluding carboxylic acids is 1. The second-order valence-electron chi connectivity index (χ2n) is 4.71. The standard InChI is InChI=1S/C16H15N3O/c1-11(12-7-3-2-4-8-12)17-16(20)15-18-13-9-5-6-10-14(13)19-15/h2-11H,1H3,(H,17,20)(H,18,19). The van der Waals surface area contributed by atoms with Crippen LogP contribution in [0.1, 0.15) is 29.1 Å². The number of imidazole rings is 1. The van der Waals surface area contributed by atoms with E-state index >= 15 is 0 Å². The normalized spacial score (nSPS) is 12.2. The first kappa shape index (κ1) is 12.4. The second kappa shape index (κ2) is 5.17. The molecule has 20 heavy (non-hydrogen) atoms. The van der Waals surface area contributed by atoms with Gasteiger partial charge < -0.3 is 10.3 Å². The molecule has 4 heteroatoms. The zero-order valence-corrected chi connectivity index (χ0v) is 11.1. The molecule has 1 heterocycles. The summed E-state index contributed by atoms with van der Waals surface area (Å²) >= 11 is 0. The lowest BCUT2D eigenvalue weighted by Crippen LogP contribution is -2.27. The first-order valence-electron chi connectivity index (χ1n) is 6.54. The van der Waals surface area contributed by atoms with Crippen LogP contribution in [0.5, 0.6) is 0 Å². The molecule has 0 aliphatic heterocycles. The number of amides is 1. The highest BCUT2D eigenvalue weighted by molar-refractivity contribution is 5.94. The Morgan fingerprint density at radius 3 is 2.55 bits per heavy atom. The summed E-state index contributed by atoms with van der Waals surface area (Å²) in [4.78, 5) is 19.5. The van der Waals surface area contributed by atoms with Gasteiger partial charge in [-0.1, -0.05) is 42.5 Å². The monoisotopic (exact) mass is 265 g/mol. The maximum atomic E-state index is 12.2. The van der Waals surface area contributed by atoms with Crippen LogP contribution < -0.4 is 5.32 Å². The van der Waals surface area contributed by atoms with Crippen molar-refractivity contribution in [2.24, 2.45) is 0 Å². The minimum atomic E-state index is -0.197. The molecule has 1 aromatic heterocycles. The number of rotatable bonds is 3. The largest absolute Gasteiger partial charge is 0.343 e. The van der Waals surface area contributed by atoms with Crippen molar-refractivity contribution in [3.8, 4) is 0 Å². The van der Waals surface area contributed by atoms with Crippen molar-refractivity contribution >= 4 is 16.9 Å². The van der Waals surface area contributed by atoms with Crippen molar-refractivity contribution in [2.75, 3.05) is 0 Å². The molecule has 0 aliphatic carbocycles. The van der Waals surface area contributed by atoms with E-state index in [1.54, 1.807) is 0 Å². The number of nitrogens with zero attached hydrogens (tertiary/aromatic N) is 1. The van der Waals surface area contributed by atoms with E-state index in [0.29, 0.717) is 5.82 Å². The first-order valence-corrected chi connectivity index (χ1v) is 6.54. The summed E-state index contributed by atoms with van der Waals surface area (Å²) in [5.74, 6) is 0.145. The fraction of sp³-hybridized carbons (Fsp3) is 0.125. The van der Waals surface area contributed by atoms with E-state index in [4.69, 9.17) is 0 Å². The fourth-order valence-electron chi connectivity index (χ4n) is 2.15. The molecule has 2 aromatic carbocycles. The minimum Gasteiger partial charge on any atom is -0.343 e. The number of benzene rings is 2. The molecule has 0 bridgehead atoms. The fourth-order valence-corrected chi connectivity index (χ4v) is 2.15. The minimum absolute atomic E-state index is 0.0584. The van der Waals surface area contributed by atoms with Crippen molar-refractivity contribution in [2.45, 2.75) is 13.0 Å². The molecule has 1 atom stereocenters. The molecule has 3 rings (SSSR count). The van der Waals surface area contributed by atoms with Crippen LogP contribution in [0.15, 0.2) is 54.6 Å². The van der Waals surface area contributed by atoms with Crippen LogP contribution in [0.25, 0.3) is 11.0 Å². The predicted molar refractivity (Wildman–Crippen MR) is 78.4 cm³/mol. The third-order valence-corrected chi connectivity index (χ3v) is 3.25. The summed E-state index contributed by atoms with van der Waals surface area (Å²) in [7, 11) is 0. The molecule has 0 aliphatic rings. The third kappa shape index (κ3) is 2.40. The summed E-state index contributed by atoms with van der Waals surface area (Å²) in [6, 6.07) is 17.4. The number of aromatic amines is 1. The summed E-state index contributed by atoms with van der Waals surface area (Å²) < 4.78 is 0. The number of para-hydroxylation sites is 2. The van der Waals surface area contributed by atoms with E-state index in [0.717, 1.165) is 16.6 Å². The average Bonchev–Trinajstić information content (AvgIpc) is 2.92. The second-order valence-corrected chi connectivity index (χ2v) is 4.71. The summed E-state index contributed by atoms with van der Waals surface area (Å²) in [6.45, 7) is 1.95. The highest BCUT2D eigenvalue weighted by Crippen LogP contribution is 2.13. The van der Waals surface area contributed by atoms with Gasteiger partial charge in [0.25, 0.3) is 5.91 Å². The van der Waals surface area contributed by atoms with E-state index in [2.05, 4.69) is 15.3 Å². The van der Waals surface area contributed by atoms with E-state index < -0.39 is 0 Å². The van der Waals surface area contributed by atoms with Gasteiger partial charge in [-0.15, -0.1) is 0 Å². The lowest BCUT2D eigenvalue weighted by molar-refractivity contribution is 0.0930. The SMILES string of the molecule is CC(NC(=O)c1nc2ccccc2[nH]1)c1ccccc1. The van der Waals surface area contributed by atoms with Crippen molar-refractivity contribution in [3.63, 3.8) is 0 Å². The first-order chi connectivity index (χ1) is 9.74. The van der Waals surface area contributed by atoms with Crippen LogP contribution in [-0.2, 0) is 0 Å². The van der Waals surface area contributed by atoms with Crippen LogP contribution >= 0.6 is 0 Å². The topological polar surface area (TPSA) is 57.8 Å². The van der Waals surface area contributed by atoms with Crippen molar-refractivity contribution < 1.29 is 4.79 Å². The van der Waals surface area contributed by atoms with Crippen LogP contribution in [0.3, 0.4) is 0 Å². The molecule has 0 saturated carbocycles. The predicted octanol–water partition coefficient (Wildman–Crippen LogP) is 3.05. The molecule has 3 aromatic rings. The Morgan fingerprint density at radius 2 is 1.80 bits per heavy atom. The van der Waals surface area contributed by atoms with Crippen molar-refractivity contribution in [3.05, 3.63) is 66.0 Å². The molecule has 0 saturated heterocycles. The van der Waals surface area contributed by atoms with Crippen LogP contribution in [-0.4, -0.2) is 15.9 Å². The number of fused-ring (bicyclic) bond motifs is 1. The molecular formula is C16H15N3O. The highest BCUT2D eigenvalue weighted by atomic mass is 16.2. The van der Waals surface area contributed by atoms with Crippen molar-refractivity contribution in [1.82, 2.24) is 15.3 Å². The summed E-state index contributed by atoms with van der Waals surface area (Å²) in [6.07, 6.45) is 0. The Hall–Kier alpha value is -2.62. The van der Waals surface area contributed by atoms with Gasteiger partial charge >= 0.3 is 0 Å². The van der Waals surface area contributed by atoms with Gasteiger partial charge in [-0.25, -0.2) is 4.98 Å². The van der Waals surface area contributed by atoms with Gasteiger partial charge in [0, 0.05) is 0 Å². The maximum Gasteiger partial charge on any atom is 0.287 e. The van der Waals surface area contributed by atoms with Gasteiger partial charge in [0.15, 0.2) is 5.82 Å². The Kier molecular flexibility index (Phi) is 3.21. The van der Waals surface area contributed by atoms with Gasteiger partial charge in [0.2, 0.25) is 0 Å². The maximum absolute atomic E-state index is 12.2. The quantitative estimate of drug-likeness (QED) is 0.764. The van der Waals surface area contributed by atoms with Gasteiger partial charge in [-0.3, -0.25) is 4.79 Å². The summed E-state index contributed by atoms with van der Waals surface area (Å²) in [5, 5.41) is 2.94. The number of H-pyrrole nitrogens is 1. The lowest BCUT2D eigenvalue weighted by Gasteiger charge is -2.12. The Labute approximate surface area is 116 Å². The van der Waals surface area contributed by atoms with E-state index in [1.165, 1.54) is 0 Å². The molecule has 4 nitrogen and oxygen atoms in total. The molecule has 2 N–H and O–H groups in total. The van der Waals surface area contributed by atoms with Gasteiger partial charge in [-0.2, -0.15) is 0 Å². The molecule has 0 spiro atoms. The zero-order valence-electron chi connectivity index (χ0n) is 11.1. The van der Waals surface area contributed by atoms with Gasteiger partial charge in [0.1, 0.15) is 0 Å². The Bertz CT molecular complexity index is 701. The molecule has 0 fully saturated rings. The van der Waals surface area contributed by atoms with Crippen LogP contribution in [0.2, 0.25) is 0 Å². The summed E-state index contributed by atoms with van der Waals surface area (Å²) in [5.41, 5.74) is 2.73. The zero-order chi connectivity index (χ0) is 13.9. The number of nitrogens with one attached hydrogen (secondary N) is 2. The smallest absolute Gasteiger partial charge is 0.287 e. The van der Waals surface area contributed by atoms with E-state index in [9.17, 15) is 4.79 Å². The molecule has 1 amide bonds. The molecule has 0 radical (unpaired) electrons. The molecule has 1 unspecified atom stereocenters. The van der Waals surface area contributed by atoms with Crippen LogP contribution in [0.4, 0.5) is 0 Å². The molecule has 100 valence electrons. The average molecular weight is 265 g/mol. The van der Waals surface area contributed by atoms with Crippen LogP contribution in [0, 0.1) is 0 Å². The van der Waals surface area contributed by atoms with Crippen molar-refractivity contribution in [1.29, 1.82) is 0 Å². The third-order valence-electron chi connectivity index (χ3n) is 3.25. The lowest BCUT2D eigenvalue weighted by atomic mass is 10.1. The number of hydrogen-bond acceptors (Lipinski definition) is 2. The Balaban J connectivity index is 1.79. The van der Waals surface area contributed by atoms with Gasteiger partial charge in [-0.05, 0) is 24.6 Å². The molecular weight excluding hydrogens is 250 g/mol. The van der Waals surface area contributed by atoms with E-state index in [-0.39, 0.29) is 11.9 Å². The number of aromatic nitrogens is 2. The highest BCUT2D eigenvalue weighted by Gasteiger charge is 2.14. The van der Waals surface area contributed by atoms with E-state index in [1.807, 2.05) is 61.5 Å². The van der Waals surface area contributed by atoms with Gasteiger partial charge in [0.05, 0.1) is 17.1 Å². The number of carbonyl (C=O) groups is 1. The Morgan fingerprint density at radius 1 is 1.10 bits per heavy atom.